The highest BCUT2D eigenvalue weighted by molar-refractivity contribution is 5.55. The standard InChI is InChI=1S/C11H14N2/c1-11(2,3)10-12-7-8-5-4-6-9(8)13-10/h4,6-7H,5H2,1-3H3. The Labute approximate surface area is 78.7 Å². The van der Waals surface area contributed by atoms with E-state index in [0.717, 1.165) is 17.9 Å². The zero-order valence-electron chi connectivity index (χ0n) is 8.33. The van der Waals surface area contributed by atoms with E-state index < -0.39 is 0 Å². The zero-order valence-corrected chi connectivity index (χ0v) is 8.33. The van der Waals surface area contributed by atoms with Crippen molar-refractivity contribution in [2.24, 2.45) is 0 Å². The molecule has 0 unspecified atom stereocenters. The van der Waals surface area contributed by atoms with Crippen LogP contribution in [0.3, 0.4) is 0 Å². The molecule has 0 radical (unpaired) electrons. The monoisotopic (exact) mass is 174 g/mol. The summed E-state index contributed by atoms with van der Waals surface area (Å²) in [5.41, 5.74) is 2.39. The second kappa shape index (κ2) is 2.66. The number of hydrogen-bond acceptors (Lipinski definition) is 2. The number of rotatable bonds is 0. The zero-order chi connectivity index (χ0) is 9.47. The van der Waals surface area contributed by atoms with Crippen LogP contribution in [0.1, 0.15) is 37.9 Å². The van der Waals surface area contributed by atoms with E-state index in [4.69, 9.17) is 0 Å². The lowest BCUT2D eigenvalue weighted by atomic mass is 9.95. The molecule has 1 aliphatic rings. The minimum absolute atomic E-state index is 0.0471. The third-order valence-corrected chi connectivity index (χ3v) is 2.18. The largest absolute Gasteiger partial charge is 0.240 e. The average Bonchev–Trinajstić information content (AvgIpc) is 2.47. The van der Waals surface area contributed by atoms with E-state index in [2.05, 4.69) is 42.9 Å². The van der Waals surface area contributed by atoms with Gasteiger partial charge < -0.3 is 0 Å². The van der Waals surface area contributed by atoms with Crippen LogP contribution in [0, 0.1) is 0 Å². The van der Waals surface area contributed by atoms with Gasteiger partial charge in [0, 0.05) is 11.6 Å². The normalized spacial score (nSPS) is 14.7. The van der Waals surface area contributed by atoms with Gasteiger partial charge in [0.2, 0.25) is 0 Å². The van der Waals surface area contributed by atoms with Gasteiger partial charge in [-0.2, -0.15) is 0 Å². The fourth-order valence-electron chi connectivity index (χ4n) is 1.38. The Morgan fingerprint density at radius 3 is 2.77 bits per heavy atom. The minimum atomic E-state index is 0.0471. The number of allylic oxidation sites excluding steroid dienone is 1. The molecule has 0 bridgehead atoms. The predicted octanol–water partition coefficient (Wildman–Crippen LogP) is 2.34. The Kier molecular flexibility index (Phi) is 1.72. The van der Waals surface area contributed by atoms with Gasteiger partial charge in [0.15, 0.2) is 0 Å². The van der Waals surface area contributed by atoms with Gasteiger partial charge in [-0.15, -0.1) is 0 Å². The van der Waals surface area contributed by atoms with E-state index >= 15 is 0 Å². The predicted molar refractivity (Wildman–Crippen MR) is 53.5 cm³/mol. The lowest BCUT2D eigenvalue weighted by Crippen LogP contribution is -2.16. The van der Waals surface area contributed by atoms with Crippen LogP contribution in [0.4, 0.5) is 0 Å². The van der Waals surface area contributed by atoms with E-state index in [-0.39, 0.29) is 5.41 Å². The molecule has 2 nitrogen and oxygen atoms in total. The lowest BCUT2D eigenvalue weighted by Gasteiger charge is -2.16. The quantitative estimate of drug-likeness (QED) is 0.603. The van der Waals surface area contributed by atoms with E-state index in [1.807, 2.05) is 6.20 Å². The van der Waals surface area contributed by atoms with Crippen LogP contribution >= 0.6 is 0 Å². The summed E-state index contributed by atoms with van der Waals surface area (Å²) in [6, 6.07) is 0. The second-order valence-electron chi connectivity index (χ2n) is 4.46. The molecule has 0 N–H and O–H groups in total. The molecular formula is C11H14N2. The van der Waals surface area contributed by atoms with Gasteiger partial charge in [-0.1, -0.05) is 26.8 Å². The summed E-state index contributed by atoms with van der Waals surface area (Å²) in [6.45, 7) is 6.40. The molecule has 13 heavy (non-hydrogen) atoms. The van der Waals surface area contributed by atoms with Crippen molar-refractivity contribution in [3.8, 4) is 0 Å². The molecule has 68 valence electrons. The van der Waals surface area contributed by atoms with Gasteiger partial charge in [-0.3, -0.25) is 0 Å². The van der Waals surface area contributed by atoms with Crippen molar-refractivity contribution in [2.75, 3.05) is 0 Å². The number of nitrogens with zero attached hydrogens (tertiary/aromatic N) is 2. The van der Waals surface area contributed by atoms with Gasteiger partial charge in [0.1, 0.15) is 5.82 Å². The molecule has 1 aromatic rings. The molecule has 0 aliphatic heterocycles. The molecular weight excluding hydrogens is 160 g/mol. The molecule has 2 rings (SSSR count). The smallest absolute Gasteiger partial charge is 0.134 e. The third kappa shape index (κ3) is 1.48. The van der Waals surface area contributed by atoms with Crippen LogP contribution in [0.5, 0.6) is 0 Å². The summed E-state index contributed by atoms with van der Waals surface area (Å²) in [5.74, 6) is 0.929. The Bertz CT molecular complexity index is 359. The van der Waals surface area contributed by atoms with E-state index in [1.54, 1.807) is 0 Å². The Morgan fingerprint density at radius 1 is 1.31 bits per heavy atom. The molecule has 0 saturated heterocycles. The molecule has 0 saturated carbocycles. The lowest BCUT2D eigenvalue weighted by molar-refractivity contribution is 0.543. The molecule has 0 aromatic carbocycles. The summed E-state index contributed by atoms with van der Waals surface area (Å²) >= 11 is 0. The Balaban J connectivity index is 2.47. The summed E-state index contributed by atoms with van der Waals surface area (Å²) in [6.07, 6.45) is 7.14. The molecule has 0 amide bonds. The van der Waals surface area contributed by atoms with Gasteiger partial charge in [0.05, 0.1) is 5.69 Å². The summed E-state index contributed by atoms with van der Waals surface area (Å²) in [7, 11) is 0. The van der Waals surface area contributed by atoms with Gasteiger partial charge in [-0.05, 0) is 18.1 Å². The highest BCUT2D eigenvalue weighted by atomic mass is 14.9. The van der Waals surface area contributed by atoms with E-state index in [9.17, 15) is 0 Å². The highest BCUT2D eigenvalue weighted by Crippen LogP contribution is 2.22. The topological polar surface area (TPSA) is 25.8 Å². The molecule has 1 aromatic heterocycles. The van der Waals surface area contributed by atoms with Crippen molar-refractivity contribution < 1.29 is 0 Å². The number of fused-ring (bicyclic) bond motifs is 1. The number of hydrogen-bond donors (Lipinski definition) is 0. The van der Waals surface area contributed by atoms with Gasteiger partial charge in [0.25, 0.3) is 0 Å². The van der Waals surface area contributed by atoms with Gasteiger partial charge >= 0.3 is 0 Å². The van der Waals surface area contributed by atoms with E-state index in [1.165, 1.54) is 5.56 Å². The first-order chi connectivity index (χ1) is 6.07. The van der Waals surface area contributed by atoms with Crippen LogP contribution in [-0.4, -0.2) is 9.97 Å². The van der Waals surface area contributed by atoms with Crippen LogP contribution < -0.4 is 0 Å². The summed E-state index contributed by atoms with van der Waals surface area (Å²) in [4.78, 5) is 8.90. The fourth-order valence-corrected chi connectivity index (χ4v) is 1.38. The summed E-state index contributed by atoms with van der Waals surface area (Å²) in [5, 5.41) is 0. The molecule has 0 atom stereocenters. The van der Waals surface area contributed by atoms with Crippen molar-refractivity contribution in [1.82, 2.24) is 9.97 Å². The highest BCUT2D eigenvalue weighted by Gasteiger charge is 2.19. The Morgan fingerprint density at radius 2 is 2.08 bits per heavy atom. The van der Waals surface area contributed by atoms with Crippen molar-refractivity contribution in [3.05, 3.63) is 29.4 Å². The fraction of sp³-hybridized carbons (Fsp3) is 0.455. The van der Waals surface area contributed by atoms with Crippen LogP contribution in [0.2, 0.25) is 0 Å². The van der Waals surface area contributed by atoms with Crippen LogP contribution in [0.25, 0.3) is 6.08 Å². The van der Waals surface area contributed by atoms with Crippen molar-refractivity contribution in [3.63, 3.8) is 0 Å². The van der Waals surface area contributed by atoms with Crippen LogP contribution in [-0.2, 0) is 11.8 Å². The number of aromatic nitrogens is 2. The molecule has 0 fully saturated rings. The Hall–Kier alpha value is -1.18. The molecule has 1 aliphatic carbocycles. The first kappa shape index (κ1) is 8.42. The van der Waals surface area contributed by atoms with E-state index in [0.29, 0.717) is 0 Å². The third-order valence-electron chi connectivity index (χ3n) is 2.18. The minimum Gasteiger partial charge on any atom is -0.240 e. The maximum absolute atomic E-state index is 4.53. The van der Waals surface area contributed by atoms with Gasteiger partial charge in [-0.25, -0.2) is 9.97 Å². The first-order valence-electron chi connectivity index (χ1n) is 4.60. The molecule has 2 heteroatoms. The SMILES string of the molecule is CC(C)(C)c1ncc2c(n1)C=CC2. The van der Waals surface area contributed by atoms with Crippen molar-refractivity contribution >= 4 is 6.08 Å². The van der Waals surface area contributed by atoms with Crippen molar-refractivity contribution in [2.45, 2.75) is 32.6 Å². The first-order valence-corrected chi connectivity index (χ1v) is 4.60. The average molecular weight is 174 g/mol. The van der Waals surface area contributed by atoms with Crippen LogP contribution in [0.15, 0.2) is 12.3 Å². The molecule has 1 heterocycles. The molecule has 0 spiro atoms. The maximum Gasteiger partial charge on any atom is 0.134 e. The van der Waals surface area contributed by atoms with Crippen molar-refractivity contribution in [1.29, 1.82) is 0 Å². The maximum atomic E-state index is 4.53. The summed E-state index contributed by atoms with van der Waals surface area (Å²) < 4.78 is 0. The second-order valence-corrected chi connectivity index (χ2v) is 4.46.